The molecule has 1 aliphatic carbocycles. The molecule has 0 aromatic carbocycles. The van der Waals surface area contributed by atoms with E-state index in [1.165, 1.54) is 17.7 Å². The van der Waals surface area contributed by atoms with Gasteiger partial charge in [0.05, 0.1) is 5.56 Å². The Morgan fingerprint density at radius 1 is 1.40 bits per heavy atom. The van der Waals surface area contributed by atoms with Gasteiger partial charge in [0.15, 0.2) is 0 Å². The van der Waals surface area contributed by atoms with E-state index < -0.39 is 0 Å². The van der Waals surface area contributed by atoms with Crippen molar-refractivity contribution >= 4 is 23.0 Å². The van der Waals surface area contributed by atoms with Crippen LogP contribution in [0.4, 0.5) is 5.82 Å². The number of hydrogen-bond acceptors (Lipinski definition) is 4. The number of fused-ring (bicyclic) bond motifs is 1. The summed E-state index contributed by atoms with van der Waals surface area (Å²) < 4.78 is 5.44. The summed E-state index contributed by atoms with van der Waals surface area (Å²) in [5.74, 6) is 0.949. The van der Waals surface area contributed by atoms with Crippen LogP contribution in [0.15, 0.2) is 6.07 Å². The number of nitrogens with zero attached hydrogens (tertiary/aromatic N) is 2. The van der Waals surface area contributed by atoms with Gasteiger partial charge in [0.25, 0.3) is 0 Å². The number of aryl methyl sites for hydroxylation is 2. The lowest BCUT2D eigenvalue weighted by Crippen LogP contribution is -2.38. The summed E-state index contributed by atoms with van der Waals surface area (Å²) in [4.78, 5) is 7.56. The van der Waals surface area contributed by atoms with Gasteiger partial charge in [0.1, 0.15) is 10.8 Å². The maximum atomic E-state index is 5.92. The molecule has 1 aliphatic heterocycles. The first kappa shape index (κ1) is 13.8. The molecule has 1 aromatic heterocycles. The molecular weight excluding hydrogens is 270 g/mol. The van der Waals surface area contributed by atoms with Crippen LogP contribution in [0.3, 0.4) is 0 Å². The summed E-state index contributed by atoms with van der Waals surface area (Å²) in [7, 11) is 2.10. The third-order valence-electron chi connectivity index (χ3n) is 4.37. The summed E-state index contributed by atoms with van der Waals surface area (Å²) in [5, 5.41) is 0. The predicted octanol–water partition coefficient (Wildman–Crippen LogP) is 1.82. The molecule has 0 atom stereocenters. The van der Waals surface area contributed by atoms with E-state index >= 15 is 0 Å². The third-order valence-corrected chi connectivity index (χ3v) is 4.59. The molecule has 2 aliphatic rings. The molecule has 0 amide bonds. The van der Waals surface area contributed by atoms with Crippen LogP contribution >= 0.6 is 12.2 Å². The molecular formula is C15H21N3OS. The van der Waals surface area contributed by atoms with E-state index in [-0.39, 0.29) is 0 Å². The first-order valence-electron chi connectivity index (χ1n) is 7.30. The van der Waals surface area contributed by atoms with Crippen LogP contribution in [0, 0.1) is 0 Å². The van der Waals surface area contributed by atoms with Crippen LogP contribution < -0.4 is 10.6 Å². The van der Waals surface area contributed by atoms with Gasteiger partial charge in [0.2, 0.25) is 0 Å². The molecule has 4 nitrogen and oxygen atoms in total. The van der Waals surface area contributed by atoms with E-state index in [1.807, 2.05) is 0 Å². The van der Waals surface area contributed by atoms with Gasteiger partial charge in [0, 0.05) is 32.0 Å². The van der Waals surface area contributed by atoms with Gasteiger partial charge in [-0.1, -0.05) is 12.2 Å². The van der Waals surface area contributed by atoms with Crippen molar-refractivity contribution < 1.29 is 4.74 Å². The first-order valence-corrected chi connectivity index (χ1v) is 7.71. The first-order chi connectivity index (χ1) is 9.66. The minimum atomic E-state index is 0.445. The average molecular weight is 291 g/mol. The van der Waals surface area contributed by atoms with E-state index in [9.17, 15) is 0 Å². The second-order valence-electron chi connectivity index (χ2n) is 5.64. The molecule has 0 radical (unpaired) electrons. The van der Waals surface area contributed by atoms with Crippen LogP contribution in [0.2, 0.25) is 0 Å². The van der Waals surface area contributed by atoms with Crippen LogP contribution in [0.1, 0.15) is 36.1 Å². The zero-order chi connectivity index (χ0) is 14.1. The minimum Gasteiger partial charge on any atom is -0.389 e. The van der Waals surface area contributed by atoms with E-state index in [4.69, 9.17) is 27.7 Å². The average Bonchev–Trinajstić information content (AvgIpc) is 2.93. The lowest BCUT2D eigenvalue weighted by molar-refractivity contribution is 0.0853. The summed E-state index contributed by atoms with van der Waals surface area (Å²) in [6, 6.07) is 2.62. The molecule has 1 saturated heterocycles. The smallest absolute Gasteiger partial charge is 0.139 e. The van der Waals surface area contributed by atoms with Crippen LogP contribution in [-0.4, -0.2) is 36.3 Å². The standard InChI is InChI=1S/C15H21N3OS/c1-18(11-5-7-19-8-6-11)15-12(14(16)20)9-10-3-2-4-13(10)17-15/h9,11H,2-8H2,1H3,(H2,16,20). The number of hydrogen-bond donors (Lipinski definition) is 1. The van der Waals surface area contributed by atoms with Crippen molar-refractivity contribution in [2.75, 3.05) is 25.2 Å². The normalized spacial score (nSPS) is 18.9. The summed E-state index contributed by atoms with van der Waals surface area (Å²) in [6.45, 7) is 1.64. The molecule has 2 heterocycles. The highest BCUT2D eigenvalue weighted by atomic mass is 32.1. The quantitative estimate of drug-likeness (QED) is 0.861. The Hall–Kier alpha value is -1.20. The largest absolute Gasteiger partial charge is 0.389 e. The maximum absolute atomic E-state index is 5.92. The molecule has 20 heavy (non-hydrogen) atoms. The summed E-state index contributed by atoms with van der Waals surface area (Å²) in [6.07, 6.45) is 5.42. The van der Waals surface area contributed by atoms with Crippen LogP contribution in [-0.2, 0) is 17.6 Å². The van der Waals surface area contributed by atoms with Crippen molar-refractivity contribution in [3.05, 3.63) is 22.9 Å². The Morgan fingerprint density at radius 3 is 2.85 bits per heavy atom. The van der Waals surface area contributed by atoms with Crippen molar-refractivity contribution in [3.8, 4) is 0 Å². The Labute approximate surface area is 125 Å². The van der Waals surface area contributed by atoms with Gasteiger partial charge in [-0.15, -0.1) is 0 Å². The highest BCUT2D eigenvalue weighted by Crippen LogP contribution is 2.29. The van der Waals surface area contributed by atoms with Gasteiger partial charge >= 0.3 is 0 Å². The van der Waals surface area contributed by atoms with Crippen LogP contribution in [0.25, 0.3) is 0 Å². The lowest BCUT2D eigenvalue weighted by Gasteiger charge is -2.33. The fourth-order valence-electron chi connectivity index (χ4n) is 3.16. The second-order valence-corrected chi connectivity index (χ2v) is 6.08. The van der Waals surface area contributed by atoms with Gasteiger partial charge in [-0.2, -0.15) is 0 Å². The van der Waals surface area contributed by atoms with Gasteiger partial charge in [-0.25, -0.2) is 4.98 Å². The number of rotatable bonds is 3. The Balaban J connectivity index is 1.96. The SMILES string of the molecule is CN(c1nc2c(cc1C(N)=S)CCC2)C1CCOCC1. The maximum Gasteiger partial charge on any atom is 0.139 e. The van der Waals surface area contributed by atoms with E-state index in [0.29, 0.717) is 11.0 Å². The van der Waals surface area contributed by atoms with Gasteiger partial charge in [-0.05, 0) is 43.7 Å². The van der Waals surface area contributed by atoms with Gasteiger partial charge in [-0.3, -0.25) is 0 Å². The molecule has 0 bridgehead atoms. The monoisotopic (exact) mass is 291 g/mol. The Morgan fingerprint density at radius 2 is 2.15 bits per heavy atom. The Bertz CT molecular complexity index is 526. The molecule has 108 valence electrons. The fourth-order valence-corrected chi connectivity index (χ4v) is 3.31. The van der Waals surface area contributed by atoms with Crippen molar-refractivity contribution in [3.63, 3.8) is 0 Å². The summed E-state index contributed by atoms with van der Waals surface area (Å²) >= 11 is 5.23. The van der Waals surface area contributed by atoms with Crippen molar-refractivity contribution in [2.24, 2.45) is 5.73 Å². The van der Waals surface area contributed by atoms with Crippen molar-refractivity contribution in [2.45, 2.75) is 38.1 Å². The molecule has 0 saturated carbocycles. The number of thiocarbonyl (C=S) groups is 1. The summed E-state index contributed by atoms with van der Waals surface area (Å²) in [5.41, 5.74) is 9.38. The third kappa shape index (κ3) is 2.52. The number of anilines is 1. The molecule has 1 fully saturated rings. The number of ether oxygens (including phenoxy) is 1. The Kier molecular flexibility index (Phi) is 3.89. The predicted molar refractivity (Wildman–Crippen MR) is 84.4 cm³/mol. The van der Waals surface area contributed by atoms with Crippen molar-refractivity contribution in [1.82, 2.24) is 4.98 Å². The number of pyridine rings is 1. The number of aromatic nitrogens is 1. The fraction of sp³-hybridized carbons (Fsp3) is 0.600. The van der Waals surface area contributed by atoms with Crippen molar-refractivity contribution in [1.29, 1.82) is 0 Å². The van der Waals surface area contributed by atoms with E-state index in [0.717, 1.165) is 50.3 Å². The highest BCUT2D eigenvalue weighted by molar-refractivity contribution is 7.80. The minimum absolute atomic E-state index is 0.445. The topological polar surface area (TPSA) is 51.4 Å². The number of nitrogens with two attached hydrogens (primary N) is 1. The zero-order valence-corrected chi connectivity index (χ0v) is 12.7. The molecule has 0 unspecified atom stereocenters. The lowest BCUT2D eigenvalue weighted by atomic mass is 10.1. The molecule has 2 N–H and O–H groups in total. The molecule has 0 spiro atoms. The van der Waals surface area contributed by atoms with E-state index in [1.54, 1.807) is 0 Å². The molecule has 5 heteroatoms. The zero-order valence-electron chi connectivity index (χ0n) is 11.9. The van der Waals surface area contributed by atoms with Gasteiger partial charge < -0.3 is 15.4 Å². The molecule has 3 rings (SSSR count). The second kappa shape index (κ2) is 5.66. The van der Waals surface area contributed by atoms with E-state index in [2.05, 4.69) is 18.0 Å². The van der Waals surface area contributed by atoms with Crippen LogP contribution in [0.5, 0.6) is 0 Å². The molecule has 1 aromatic rings. The highest BCUT2D eigenvalue weighted by Gasteiger charge is 2.25.